The van der Waals surface area contributed by atoms with Crippen LogP contribution in [0.25, 0.3) is 0 Å². The fraction of sp³-hybridized carbons (Fsp3) is 0.185. The van der Waals surface area contributed by atoms with Gasteiger partial charge in [0, 0.05) is 16.8 Å². The summed E-state index contributed by atoms with van der Waals surface area (Å²) >= 11 is 7.45. The van der Waals surface area contributed by atoms with Gasteiger partial charge in [-0.1, -0.05) is 41.6 Å². The molecule has 4 aromatic rings. The third-order valence-electron chi connectivity index (χ3n) is 5.72. The maximum absolute atomic E-state index is 6.41. The van der Waals surface area contributed by atoms with Crippen molar-refractivity contribution in [2.45, 2.75) is 42.8 Å². The molecule has 33 heavy (non-hydrogen) atoms. The smallest absolute Gasteiger partial charge is 0.174 e. The summed E-state index contributed by atoms with van der Waals surface area (Å²) in [4.78, 5) is 7.93. The van der Waals surface area contributed by atoms with Crippen molar-refractivity contribution in [1.82, 2.24) is 10.3 Å². The number of thiocarbonyl (C=S) groups is 1. The highest BCUT2D eigenvalue weighted by Gasteiger charge is 2.42. The summed E-state index contributed by atoms with van der Waals surface area (Å²) in [5.41, 5.74) is 5.62. The van der Waals surface area contributed by atoms with Crippen molar-refractivity contribution < 1.29 is 4.42 Å². The topological polar surface area (TPSA) is 41.3 Å². The second-order valence-corrected chi connectivity index (χ2v) is 9.88. The van der Waals surface area contributed by atoms with Gasteiger partial charge in [0.1, 0.15) is 11.8 Å². The molecule has 4 nitrogen and oxygen atoms in total. The number of benzene rings is 2. The van der Waals surface area contributed by atoms with Gasteiger partial charge in [-0.15, -0.1) is 0 Å². The predicted molar refractivity (Wildman–Crippen MR) is 138 cm³/mol. The first-order valence-corrected chi connectivity index (χ1v) is 12.1. The molecule has 2 atom stereocenters. The maximum atomic E-state index is 6.41. The Kier molecular flexibility index (Phi) is 5.96. The lowest BCUT2D eigenvalue weighted by Gasteiger charge is -2.26. The minimum absolute atomic E-state index is 0.122. The molecular formula is C27H25N3OS2. The number of aryl methyl sites for hydroxylation is 3. The molecule has 166 valence electrons. The molecule has 1 saturated heterocycles. The monoisotopic (exact) mass is 471 g/mol. The number of hydrogen-bond donors (Lipinski definition) is 1. The summed E-state index contributed by atoms with van der Waals surface area (Å²) in [6.45, 7) is 6.31. The molecule has 0 bridgehead atoms. The van der Waals surface area contributed by atoms with E-state index in [1.54, 1.807) is 11.8 Å². The molecule has 1 fully saturated rings. The Morgan fingerprint density at radius 2 is 1.67 bits per heavy atom. The van der Waals surface area contributed by atoms with Crippen molar-refractivity contribution in [1.29, 1.82) is 0 Å². The van der Waals surface area contributed by atoms with Crippen molar-refractivity contribution in [2.24, 2.45) is 0 Å². The molecule has 2 aromatic carbocycles. The van der Waals surface area contributed by atoms with E-state index >= 15 is 0 Å². The molecule has 0 aliphatic carbocycles. The van der Waals surface area contributed by atoms with Gasteiger partial charge < -0.3 is 14.6 Å². The molecular weight excluding hydrogens is 446 g/mol. The number of nitrogens with one attached hydrogen (secondary N) is 1. The highest BCUT2D eigenvalue weighted by molar-refractivity contribution is 7.99. The molecule has 3 heterocycles. The average molecular weight is 472 g/mol. The van der Waals surface area contributed by atoms with Gasteiger partial charge in [0.15, 0.2) is 10.2 Å². The summed E-state index contributed by atoms with van der Waals surface area (Å²) in [6.07, 6.45) is 1.82. The van der Waals surface area contributed by atoms with E-state index in [2.05, 4.69) is 84.5 Å². The SMILES string of the molecule is Cc1ccc(Sc2ccc([C@H]3[C@@H](c4ccccn4)NC(=S)N3c3cc(C)cc(C)c3)o2)cc1. The van der Waals surface area contributed by atoms with Gasteiger partial charge in [0.25, 0.3) is 0 Å². The fourth-order valence-corrected chi connectivity index (χ4v) is 5.41. The van der Waals surface area contributed by atoms with Crippen molar-refractivity contribution in [3.63, 3.8) is 0 Å². The average Bonchev–Trinajstić information content (AvgIpc) is 3.39. The first kappa shape index (κ1) is 21.7. The lowest BCUT2D eigenvalue weighted by molar-refractivity contribution is 0.383. The van der Waals surface area contributed by atoms with Crippen molar-refractivity contribution in [3.8, 4) is 0 Å². The number of hydrogen-bond acceptors (Lipinski definition) is 4. The number of aromatic nitrogens is 1. The highest BCUT2D eigenvalue weighted by atomic mass is 32.2. The zero-order chi connectivity index (χ0) is 22.9. The molecule has 0 radical (unpaired) electrons. The normalized spacial score (nSPS) is 17.9. The molecule has 0 saturated carbocycles. The standard InChI is InChI=1S/C27H25N3OS2/c1-17-7-9-21(10-8-17)33-24-12-11-23(31-24)26-25(22-6-4-5-13-28-22)29-27(32)30(26)20-15-18(2)14-19(3)16-20/h4-16,25-26H,1-3H3,(H,29,32)/t25-,26+/m1/s1. The lowest BCUT2D eigenvalue weighted by atomic mass is 10.0. The van der Waals surface area contributed by atoms with Gasteiger partial charge in [-0.05, 0) is 92.6 Å². The zero-order valence-electron chi connectivity index (χ0n) is 18.8. The summed E-state index contributed by atoms with van der Waals surface area (Å²) in [5, 5.41) is 5.02. The summed E-state index contributed by atoms with van der Waals surface area (Å²) < 4.78 is 6.41. The second-order valence-electron chi connectivity index (χ2n) is 8.41. The molecule has 1 aliphatic rings. The van der Waals surface area contributed by atoms with Gasteiger partial charge in [-0.2, -0.15) is 0 Å². The summed E-state index contributed by atoms with van der Waals surface area (Å²) in [6, 6.07) is 24.8. The van der Waals surface area contributed by atoms with Crippen LogP contribution < -0.4 is 10.2 Å². The Morgan fingerprint density at radius 3 is 2.36 bits per heavy atom. The van der Waals surface area contributed by atoms with Crippen molar-refractivity contribution in [3.05, 3.63) is 107 Å². The van der Waals surface area contributed by atoms with Crippen LogP contribution >= 0.6 is 24.0 Å². The van der Waals surface area contributed by atoms with E-state index in [1.165, 1.54) is 16.7 Å². The molecule has 5 rings (SSSR count). The van der Waals surface area contributed by atoms with Crippen LogP contribution in [0.3, 0.4) is 0 Å². The molecule has 0 unspecified atom stereocenters. The van der Waals surface area contributed by atoms with E-state index in [0.29, 0.717) is 5.11 Å². The van der Waals surface area contributed by atoms with Crippen LogP contribution in [0.1, 0.15) is 40.2 Å². The number of anilines is 1. The Morgan fingerprint density at radius 1 is 0.909 bits per heavy atom. The van der Waals surface area contributed by atoms with Gasteiger partial charge in [0.05, 0.1) is 11.7 Å². The van der Waals surface area contributed by atoms with Crippen LogP contribution in [0, 0.1) is 20.8 Å². The van der Waals surface area contributed by atoms with Crippen LogP contribution in [0.2, 0.25) is 0 Å². The minimum atomic E-state index is -0.152. The van der Waals surface area contributed by atoms with Crippen LogP contribution in [0.5, 0.6) is 0 Å². The van der Waals surface area contributed by atoms with Crippen LogP contribution in [-0.4, -0.2) is 10.1 Å². The summed E-state index contributed by atoms with van der Waals surface area (Å²) in [5.74, 6) is 0.853. The summed E-state index contributed by atoms with van der Waals surface area (Å²) in [7, 11) is 0. The van der Waals surface area contributed by atoms with Gasteiger partial charge in [-0.3, -0.25) is 4.98 Å². The molecule has 0 amide bonds. The fourth-order valence-electron chi connectivity index (χ4n) is 4.28. The molecule has 2 aromatic heterocycles. The predicted octanol–water partition coefficient (Wildman–Crippen LogP) is 6.93. The van der Waals surface area contributed by atoms with Crippen LogP contribution in [0.4, 0.5) is 5.69 Å². The van der Waals surface area contributed by atoms with Gasteiger partial charge >= 0.3 is 0 Å². The lowest BCUT2D eigenvalue weighted by Crippen LogP contribution is -2.29. The molecule has 6 heteroatoms. The van der Waals surface area contributed by atoms with Gasteiger partial charge in [0.2, 0.25) is 0 Å². The Bertz CT molecular complexity index is 1260. The van der Waals surface area contributed by atoms with Crippen molar-refractivity contribution in [2.75, 3.05) is 4.90 Å². The first-order chi connectivity index (χ1) is 16.0. The van der Waals surface area contributed by atoms with E-state index < -0.39 is 0 Å². The van der Waals surface area contributed by atoms with E-state index in [0.717, 1.165) is 27.1 Å². The largest absolute Gasteiger partial charge is 0.452 e. The molecule has 0 spiro atoms. The van der Waals surface area contributed by atoms with Gasteiger partial charge in [-0.25, -0.2) is 0 Å². The van der Waals surface area contributed by atoms with Crippen molar-refractivity contribution >= 4 is 34.8 Å². The third kappa shape index (κ3) is 4.54. The van der Waals surface area contributed by atoms with E-state index in [1.807, 2.05) is 30.5 Å². The highest BCUT2D eigenvalue weighted by Crippen LogP contribution is 2.43. The molecule has 1 aliphatic heterocycles. The Labute approximate surface area is 204 Å². The first-order valence-electron chi connectivity index (χ1n) is 10.9. The molecule has 1 N–H and O–H groups in total. The Hall–Kier alpha value is -3.09. The number of pyridine rings is 1. The number of nitrogens with zero attached hydrogens (tertiary/aromatic N) is 2. The van der Waals surface area contributed by atoms with E-state index in [-0.39, 0.29) is 12.1 Å². The number of rotatable bonds is 5. The quantitative estimate of drug-likeness (QED) is 0.318. The number of furan rings is 1. The van der Waals surface area contributed by atoms with Crippen LogP contribution in [-0.2, 0) is 0 Å². The minimum Gasteiger partial charge on any atom is -0.452 e. The zero-order valence-corrected chi connectivity index (χ0v) is 20.4. The second kappa shape index (κ2) is 9.04. The van der Waals surface area contributed by atoms with Crippen LogP contribution in [0.15, 0.2) is 93.4 Å². The Balaban J connectivity index is 1.54. The van der Waals surface area contributed by atoms with E-state index in [9.17, 15) is 0 Å². The maximum Gasteiger partial charge on any atom is 0.174 e. The third-order valence-corrected chi connectivity index (χ3v) is 6.96. The van der Waals surface area contributed by atoms with E-state index in [4.69, 9.17) is 16.6 Å².